The highest BCUT2D eigenvalue weighted by Gasteiger charge is 2.44. The summed E-state index contributed by atoms with van der Waals surface area (Å²) in [6.45, 7) is 0.998. The zero-order chi connectivity index (χ0) is 19.8. The van der Waals surface area contributed by atoms with E-state index < -0.39 is 31.1 Å². The lowest BCUT2D eigenvalue weighted by molar-refractivity contribution is -0.0511. The molecule has 1 unspecified atom stereocenters. The number of rotatable bonds is 6. The van der Waals surface area contributed by atoms with Gasteiger partial charge in [-0.25, -0.2) is 9.99 Å². The molecule has 4 N–H and O–H groups in total. The average molecular weight is 415 g/mol. The van der Waals surface area contributed by atoms with Crippen molar-refractivity contribution in [1.82, 2.24) is 24.5 Å². The molecule has 12 heteroatoms. The number of aliphatic hydroxyl groups excluding tert-OH is 3. The van der Waals surface area contributed by atoms with Crippen LogP contribution in [-0.2, 0) is 9.47 Å². The largest absolute Gasteiger partial charge is 0.394 e. The maximum Gasteiger partial charge on any atom is 0.226 e. The minimum atomic E-state index is -1.25. The lowest BCUT2D eigenvalue weighted by Gasteiger charge is -2.25. The first kappa shape index (κ1) is 19.7. The van der Waals surface area contributed by atoms with Crippen LogP contribution in [0, 0.1) is 0 Å². The number of ether oxygens (including phenoxy) is 2. The number of fused-ring (bicyclic) bond motifs is 1. The van der Waals surface area contributed by atoms with E-state index >= 15 is 0 Å². The Morgan fingerprint density at radius 3 is 2.89 bits per heavy atom. The maximum atomic E-state index is 10.3. The van der Waals surface area contributed by atoms with Crippen LogP contribution in [0.4, 0.5) is 5.82 Å². The van der Waals surface area contributed by atoms with Gasteiger partial charge in [0.15, 0.2) is 23.2 Å². The van der Waals surface area contributed by atoms with Gasteiger partial charge in [-0.05, 0) is 24.4 Å². The molecule has 2 saturated heterocycles. The van der Waals surface area contributed by atoms with Crippen molar-refractivity contribution in [3.63, 3.8) is 0 Å². The van der Waals surface area contributed by atoms with E-state index in [-0.39, 0.29) is 11.3 Å². The number of methoxy groups -OCH3 is 1. The van der Waals surface area contributed by atoms with Crippen LogP contribution in [0.1, 0.15) is 19.1 Å². The van der Waals surface area contributed by atoms with Gasteiger partial charge in [-0.1, -0.05) is 0 Å². The predicted octanol–water partition coefficient (Wildman–Crippen LogP) is -0.471. The third-order valence-electron chi connectivity index (χ3n) is 5.17. The first-order valence-corrected chi connectivity index (χ1v) is 9.46. The molecule has 2 aromatic heterocycles. The van der Waals surface area contributed by atoms with Gasteiger partial charge in [-0.15, -0.1) is 0 Å². The number of nitrogens with zero attached hydrogens (tertiary/aromatic N) is 5. The smallest absolute Gasteiger partial charge is 0.226 e. The van der Waals surface area contributed by atoms with E-state index in [0.717, 1.165) is 19.4 Å². The van der Waals surface area contributed by atoms with Gasteiger partial charge in [-0.3, -0.25) is 4.57 Å². The second-order valence-electron chi connectivity index (χ2n) is 6.95. The molecular weight excluding hydrogens is 392 g/mol. The average Bonchev–Trinajstić information content (AvgIpc) is 3.35. The Bertz CT molecular complexity index is 837. The molecule has 0 aromatic carbocycles. The lowest BCUT2D eigenvalue weighted by Crippen LogP contribution is -2.37. The van der Waals surface area contributed by atoms with Crippen molar-refractivity contribution in [2.24, 2.45) is 0 Å². The number of halogens is 1. The fourth-order valence-corrected chi connectivity index (χ4v) is 3.91. The molecule has 0 saturated carbocycles. The first-order valence-electron chi connectivity index (χ1n) is 9.08. The van der Waals surface area contributed by atoms with Gasteiger partial charge in [0.2, 0.25) is 5.28 Å². The molecule has 0 spiro atoms. The Morgan fingerprint density at radius 1 is 1.36 bits per heavy atom. The SMILES string of the molecule is COCC1CCCN1Nc1nc(Cl)nc2c1ncn2[C@@H]1O[C@H](CO)[C@@H](O)[C@H]1O. The maximum absolute atomic E-state index is 10.3. The third-order valence-corrected chi connectivity index (χ3v) is 5.34. The summed E-state index contributed by atoms with van der Waals surface area (Å²) in [7, 11) is 1.67. The molecule has 4 heterocycles. The fraction of sp³-hybridized carbons (Fsp3) is 0.688. The molecule has 154 valence electrons. The topological polar surface area (TPSA) is 138 Å². The van der Waals surface area contributed by atoms with Crippen molar-refractivity contribution in [3.05, 3.63) is 11.6 Å². The van der Waals surface area contributed by atoms with E-state index in [2.05, 4.69) is 20.4 Å². The van der Waals surface area contributed by atoms with Crippen molar-refractivity contribution in [2.45, 2.75) is 43.4 Å². The van der Waals surface area contributed by atoms with Gasteiger partial charge in [0.25, 0.3) is 0 Å². The first-order chi connectivity index (χ1) is 13.5. The Hall–Kier alpha value is -1.60. The normalized spacial score (nSPS) is 31.1. The highest BCUT2D eigenvalue weighted by molar-refractivity contribution is 6.28. The number of aromatic nitrogens is 4. The fourth-order valence-electron chi connectivity index (χ4n) is 3.75. The van der Waals surface area contributed by atoms with Gasteiger partial charge in [0.1, 0.15) is 18.3 Å². The third kappa shape index (κ3) is 3.43. The van der Waals surface area contributed by atoms with Gasteiger partial charge in [0, 0.05) is 13.7 Å². The summed E-state index contributed by atoms with van der Waals surface area (Å²) in [4.78, 5) is 12.8. The summed E-state index contributed by atoms with van der Waals surface area (Å²) in [6.07, 6.45) is -0.848. The monoisotopic (exact) mass is 414 g/mol. The van der Waals surface area contributed by atoms with Crippen molar-refractivity contribution in [1.29, 1.82) is 0 Å². The standard InChI is InChI=1S/C16H23ClN6O5/c1-27-6-8-3-2-4-23(8)21-13-10-14(20-16(17)19-13)22(7-18-10)15-12(26)11(25)9(5-24)28-15/h7-9,11-12,15,24-26H,2-6H2,1H3,(H,19,20,21)/t8?,9-,11-,12-,15-/m1/s1. The van der Waals surface area contributed by atoms with E-state index in [9.17, 15) is 15.3 Å². The summed E-state index contributed by atoms with van der Waals surface area (Å²) in [5, 5.41) is 31.7. The van der Waals surface area contributed by atoms with Crippen LogP contribution in [-0.4, -0.2) is 91.1 Å². The second kappa shape index (κ2) is 8.03. The van der Waals surface area contributed by atoms with Crippen molar-refractivity contribution in [3.8, 4) is 0 Å². The van der Waals surface area contributed by atoms with Gasteiger partial charge in [-0.2, -0.15) is 9.97 Å². The van der Waals surface area contributed by atoms with E-state index in [0.29, 0.717) is 23.6 Å². The predicted molar refractivity (Wildman–Crippen MR) is 98.6 cm³/mol. The Labute approximate surface area is 165 Å². The number of hydrogen-bond acceptors (Lipinski definition) is 10. The summed E-state index contributed by atoms with van der Waals surface area (Å²) in [6, 6.07) is 0.205. The van der Waals surface area contributed by atoms with E-state index in [1.54, 1.807) is 7.11 Å². The van der Waals surface area contributed by atoms with Gasteiger partial charge >= 0.3 is 0 Å². The zero-order valence-electron chi connectivity index (χ0n) is 15.3. The molecule has 2 aliphatic heterocycles. The van der Waals surface area contributed by atoms with Crippen LogP contribution < -0.4 is 5.43 Å². The molecule has 2 aromatic rings. The summed E-state index contributed by atoms with van der Waals surface area (Å²) >= 11 is 6.12. The minimum Gasteiger partial charge on any atom is -0.394 e. The molecule has 0 aliphatic carbocycles. The van der Waals surface area contributed by atoms with Crippen LogP contribution >= 0.6 is 11.6 Å². The Balaban J connectivity index is 1.66. The molecular formula is C16H23ClN6O5. The van der Waals surface area contributed by atoms with Gasteiger partial charge < -0.3 is 30.2 Å². The second-order valence-corrected chi connectivity index (χ2v) is 7.29. The molecule has 11 nitrogen and oxygen atoms in total. The van der Waals surface area contributed by atoms with Crippen LogP contribution in [0.25, 0.3) is 11.2 Å². The number of hydrogen-bond donors (Lipinski definition) is 4. The van der Waals surface area contributed by atoms with Crippen LogP contribution in [0.3, 0.4) is 0 Å². The molecule has 4 rings (SSSR count). The highest BCUT2D eigenvalue weighted by atomic mass is 35.5. The van der Waals surface area contributed by atoms with E-state index in [1.807, 2.05) is 5.01 Å². The number of nitrogens with one attached hydrogen (secondary N) is 1. The number of anilines is 1. The molecule has 0 radical (unpaired) electrons. The molecule has 0 bridgehead atoms. The summed E-state index contributed by atoms with van der Waals surface area (Å²) in [5.41, 5.74) is 4.05. The molecule has 2 fully saturated rings. The zero-order valence-corrected chi connectivity index (χ0v) is 16.0. The van der Waals surface area contributed by atoms with Crippen LogP contribution in [0.2, 0.25) is 5.28 Å². The molecule has 2 aliphatic rings. The number of aliphatic hydroxyl groups is 3. The number of imidazole rings is 1. The van der Waals surface area contributed by atoms with E-state index in [1.165, 1.54) is 10.9 Å². The lowest BCUT2D eigenvalue weighted by atomic mass is 10.1. The molecule has 0 amide bonds. The van der Waals surface area contributed by atoms with E-state index in [4.69, 9.17) is 21.1 Å². The number of hydrazine groups is 1. The van der Waals surface area contributed by atoms with Crippen LogP contribution in [0.5, 0.6) is 0 Å². The van der Waals surface area contributed by atoms with Crippen molar-refractivity contribution >= 4 is 28.6 Å². The van der Waals surface area contributed by atoms with Crippen LogP contribution in [0.15, 0.2) is 6.33 Å². The quantitative estimate of drug-likeness (QED) is 0.459. The summed E-state index contributed by atoms with van der Waals surface area (Å²) < 4.78 is 12.3. The summed E-state index contributed by atoms with van der Waals surface area (Å²) in [5.74, 6) is 0.434. The molecule has 28 heavy (non-hydrogen) atoms. The Morgan fingerprint density at radius 2 is 2.18 bits per heavy atom. The highest BCUT2D eigenvalue weighted by Crippen LogP contribution is 2.33. The minimum absolute atomic E-state index is 0.00554. The van der Waals surface area contributed by atoms with Crippen molar-refractivity contribution < 1.29 is 24.8 Å². The molecule has 5 atom stereocenters. The Kier molecular flexibility index (Phi) is 5.65. The van der Waals surface area contributed by atoms with Gasteiger partial charge in [0.05, 0.1) is 25.6 Å². The van der Waals surface area contributed by atoms with Crippen molar-refractivity contribution in [2.75, 3.05) is 32.3 Å².